The highest BCUT2D eigenvalue weighted by Crippen LogP contribution is 2.28. The molecule has 1 heterocycles. The number of nitrogen functional groups attached to an aromatic ring is 1. The van der Waals surface area contributed by atoms with Crippen LogP contribution in [-0.4, -0.2) is 30.0 Å². The van der Waals surface area contributed by atoms with Gasteiger partial charge in [-0.2, -0.15) is 9.40 Å². The maximum atomic E-state index is 12.7. The number of H-pyrrole nitrogens is 1. The summed E-state index contributed by atoms with van der Waals surface area (Å²) in [5, 5.41) is 6.47. The van der Waals surface area contributed by atoms with E-state index >= 15 is 0 Å². The fourth-order valence-electron chi connectivity index (χ4n) is 2.02. The van der Waals surface area contributed by atoms with Crippen LogP contribution in [0.5, 0.6) is 0 Å². The zero-order chi connectivity index (χ0) is 14.9. The Balaban J connectivity index is 2.42. The van der Waals surface area contributed by atoms with Crippen LogP contribution in [0.2, 0.25) is 0 Å². The summed E-state index contributed by atoms with van der Waals surface area (Å²) in [6.07, 6.45) is 3.26. The molecule has 6 nitrogen and oxygen atoms in total. The Hall–Kier alpha value is -1.86. The highest BCUT2D eigenvalue weighted by atomic mass is 32.2. The molecule has 2 aromatic rings. The minimum absolute atomic E-state index is 0.184. The number of benzene rings is 1. The van der Waals surface area contributed by atoms with Gasteiger partial charge in [0.15, 0.2) is 0 Å². The van der Waals surface area contributed by atoms with Gasteiger partial charge in [0.1, 0.15) is 4.90 Å². The lowest BCUT2D eigenvalue weighted by Gasteiger charge is -2.20. The Morgan fingerprint density at radius 3 is 2.65 bits per heavy atom. The van der Waals surface area contributed by atoms with Gasteiger partial charge in [-0.15, -0.1) is 0 Å². The summed E-state index contributed by atoms with van der Waals surface area (Å²) >= 11 is 0. The summed E-state index contributed by atoms with van der Waals surface area (Å²) in [6.45, 7) is 3.87. The van der Waals surface area contributed by atoms with Crippen LogP contribution >= 0.6 is 0 Å². The zero-order valence-corrected chi connectivity index (χ0v) is 12.5. The van der Waals surface area contributed by atoms with Crippen molar-refractivity contribution < 1.29 is 8.42 Å². The van der Waals surface area contributed by atoms with Crippen molar-refractivity contribution in [2.75, 3.05) is 12.8 Å². The van der Waals surface area contributed by atoms with Crippen LogP contribution in [0.15, 0.2) is 29.4 Å². The largest absolute Gasteiger partial charge is 0.398 e. The lowest BCUT2D eigenvalue weighted by Crippen LogP contribution is -2.28. The summed E-state index contributed by atoms with van der Waals surface area (Å²) in [7, 11) is -2.10. The SMILES string of the molecule is Cc1ccc(N)c(S(=O)(=O)N(C)Cc2cn[nH]c2)c1C. The fourth-order valence-corrected chi connectivity index (χ4v) is 3.56. The second kappa shape index (κ2) is 5.26. The Morgan fingerprint density at radius 1 is 1.35 bits per heavy atom. The normalized spacial score (nSPS) is 12.0. The number of aromatic nitrogens is 2. The van der Waals surface area contributed by atoms with Crippen molar-refractivity contribution >= 4 is 15.7 Å². The fraction of sp³-hybridized carbons (Fsp3) is 0.308. The van der Waals surface area contributed by atoms with Crippen LogP contribution in [-0.2, 0) is 16.6 Å². The van der Waals surface area contributed by atoms with E-state index in [4.69, 9.17) is 5.73 Å². The Bertz CT molecular complexity index is 708. The van der Waals surface area contributed by atoms with Gasteiger partial charge < -0.3 is 5.73 Å². The van der Waals surface area contributed by atoms with Gasteiger partial charge in [0.2, 0.25) is 10.0 Å². The first-order valence-corrected chi connectivity index (χ1v) is 7.57. The molecule has 0 saturated carbocycles. The molecule has 0 spiro atoms. The summed E-state index contributed by atoms with van der Waals surface area (Å²) in [4.78, 5) is 0.184. The number of aromatic amines is 1. The van der Waals surface area contributed by atoms with E-state index in [1.54, 1.807) is 25.4 Å². The number of aryl methyl sites for hydroxylation is 1. The monoisotopic (exact) mass is 294 g/mol. The third-order valence-corrected chi connectivity index (χ3v) is 5.34. The minimum Gasteiger partial charge on any atom is -0.398 e. The minimum atomic E-state index is -3.63. The van der Waals surface area contributed by atoms with Crippen molar-refractivity contribution in [1.29, 1.82) is 0 Å². The highest BCUT2D eigenvalue weighted by Gasteiger charge is 2.26. The molecule has 0 radical (unpaired) electrons. The van der Waals surface area contributed by atoms with Gasteiger partial charge in [0, 0.05) is 25.4 Å². The molecule has 108 valence electrons. The maximum absolute atomic E-state index is 12.7. The molecule has 20 heavy (non-hydrogen) atoms. The molecular formula is C13H18N4O2S. The number of rotatable bonds is 4. The molecule has 0 atom stereocenters. The lowest BCUT2D eigenvalue weighted by molar-refractivity contribution is 0.466. The van der Waals surface area contributed by atoms with E-state index in [-0.39, 0.29) is 17.1 Å². The van der Waals surface area contributed by atoms with Crippen LogP contribution < -0.4 is 5.73 Å². The Labute approximate surface area is 118 Å². The lowest BCUT2D eigenvalue weighted by atomic mass is 10.1. The molecular weight excluding hydrogens is 276 g/mol. The quantitative estimate of drug-likeness (QED) is 0.834. The van der Waals surface area contributed by atoms with Gasteiger partial charge in [0.05, 0.1) is 11.9 Å². The van der Waals surface area contributed by atoms with Crippen LogP contribution in [0, 0.1) is 13.8 Å². The molecule has 0 aliphatic rings. The molecule has 3 N–H and O–H groups in total. The van der Waals surface area contributed by atoms with Gasteiger partial charge in [-0.25, -0.2) is 8.42 Å². The van der Waals surface area contributed by atoms with Crippen molar-refractivity contribution in [2.24, 2.45) is 0 Å². The van der Waals surface area contributed by atoms with Gasteiger partial charge in [-0.1, -0.05) is 6.07 Å². The highest BCUT2D eigenvalue weighted by molar-refractivity contribution is 7.89. The summed E-state index contributed by atoms with van der Waals surface area (Å²) < 4.78 is 26.6. The molecule has 0 unspecified atom stereocenters. The summed E-state index contributed by atoms with van der Waals surface area (Å²) in [5.74, 6) is 0. The van der Waals surface area contributed by atoms with Crippen LogP contribution in [0.3, 0.4) is 0 Å². The number of nitrogens with two attached hydrogens (primary N) is 1. The number of hydrogen-bond donors (Lipinski definition) is 2. The van der Waals surface area contributed by atoms with Crippen molar-refractivity contribution in [3.05, 3.63) is 41.2 Å². The molecule has 0 saturated heterocycles. The second-order valence-electron chi connectivity index (χ2n) is 4.79. The predicted octanol–water partition coefficient (Wildman–Crippen LogP) is 1.43. The first-order chi connectivity index (χ1) is 9.34. The van der Waals surface area contributed by atoms with Gasteiger partial charge in [0.25, 0.3) is 0 Å². The molecule has 0 aliphatic heterocycles. The molecule has 1 aromatic carbocycles. The van der Waals surface area contributed by atoms with Crippen LogP contribution in [0.4, 0.5) is 5.69 Å². The maximum Gasteiger partial charge on any atom is 0.245 e. The molecule has 0 fully saturated rings. The van der Waals surface area contributed by atoms with Crippen molar-refractivity contribution in [1.82, 2.24) is 14.5 Å². The van der Waals surface area contributed by atoms with Crippen LogP contribution in [0.1, 0.15) is 16.7 Å². The molecule has 0 aliphatic carbocycles. The van der Waals surface area contributed by atoms with Gasteiger partial charge >= 0.3 is 0 Å². The molecule has 1 aromatic heterocycles. The van der Waals surface area contributed by atoms with E-state index in [0.29, 0.717) is 5.56 Å². The Morgan fingerprint density at radius 2 is 2.05 bits per heavy atom. The zero-order valence-electron chi connectivity index (χ0n) is 11.7. The first-order valence-electron chi connectivity index (χ1n) is 6.13. The average molecular weight is 294 g/mol. The average Bonchev–Trinajstić information content (AvgIpc) is 2.87. The van der Waals surface area contributed by atoms with E-state index in [1.165, 1.54) is 11.4 Å². The number of sulfonamides is 1. The van der Waals surface area contributed by atoms with Gasteiger partial charge in [-0.05, 0) is 31.0 Å². The number of nitrogens with one attached hydrogen (secondary N) is 1. The van der Waals surface area contributed by atoms with Gasteiger partial charge in [-0.3, -0.25) is 5.10 Å². The third kappa shape index (κ3) is 2.54. The van der Waals surface area contributed by atoms with Crippen molar-refractivity contribution in [3.8, 4) is 0 Å². The first kappa shape index (κ1) is 14.5. The third-order valence-electron chi connectivity index (χ3n) is 3.34. The topological polar surface area (TPSA) is 92.1 Å². The molecule has 2 rings (SSSR count). The standard InChI is InChI=1S/C13H18N4O2S/c1-9-4-5-12(14)13(10(9)2)20(18,19)17(3)8-11-6-15-16-7-11/h4-7H,8,14H2,1-3H3,(H,15,16). The van der Waals surface area contributed by atoms with E-state index in [9.17, 15) is 8.42 Å². The predicted molar refractivity (Wildman–Crippen MR) is 77.6 cm³/mol. The van der Waals surface area contributed by atoms with E-state index in [2.05, 4.69) is 10.2 Å². The van der Waals surface area contributed by atoms with E-state index in [0.717, 1.165) is 11.1 Å². The van der Waals surface area contributed by atoms with Crippen molar-refractivity contribution in [2.45, 2.75) is 25.3 Å². The molecule has 0 amide bonds. The number of nitrogens with zero attached hydrogens (tertiary/aromatic N) is 2. The molecule has 7 heteroatoms. The summed E-state index contributed by atoms with van der Waals surface area (Å²) in [5.41, 5.74) is 8.51. The number of hydrogen-bond acceptors (Lipinski definition) is 4. The van der Waals surface area contributed by atoms with E-state index < -0.39 is 10.0 Å². The van der Waals surface area contributed by atoms with Crippen LogP contribution in [0.25, 0.3) is 0 Å². The molecule has 0 bridgehead atoms. The van der Waals surface area contributed by atoms with E-state index in [1.807, 2.05) is 13.0 Å². The van der Waals surface area contributed by atoms with Crippen molar-refractivity contribution in [3.63, 3.8) is 0 Å². The number of anilines is 1. The summed E-state index contributed by atoms with van der Waals surface area (Å²) in [6, 6.07) is 3.45. The Kier molecular flexibility index (Phi) is 3.82. The second-order valence-corrected chi connectivity index (χ2v) is 6.78. The smallest absolute Gasteiger partial charge is 0.245 e.